The normalized spacial score (nSPS) is 10.3. The van der Waals surface area contributed by atoms with E-state index in [9.17, 15) is 0 Å². The van der Waals surface area contributed by atoms with Gasteiger partial charge in [-0.1, -0.05) is 66.7 Å². The second-order valence-electron chi connectivity index (χ2n) is 7.36. The van der Waals surface area contributed by atoms with Crippen molar-refractivity contribution in [3.63, 3.8) is 0 Å². The van der Waals surface area contributed by atoms with Crippen molar-refractivity contribution in [3.8, 4) is 17.2 Å². The van der Waals surface area contributed by atoms with E-state index in [1.807, 2.05) is 54.6 Å². The average molecular weight is 423 g/mol. The van der Waals surface area contributed by atoms with Gasteiger partial charge in [0.1, 0.15) is 23.9 Å². The van der Waals surface area contributed by atoms with Crippen LogP contribution in [0.3, 0.4) is 0 Å². The molecule has 0 N–H and O–H groups in total. The highest BCUT2D eigenvalue weighted by Crippen LogP contribution is 2.29. The fourth-order valence-corrected chi connectivity index (χ4v) is 3.44. The van der Waals surface area contributed by atoms with Gasteiger partial charge in [0, 0.05) is 0 Å². The van der Waals surface area contributed by atoms with Crippen LogP contribution >= 0.6 is 0 Å². The second kappa shape index (κ2) is 10.4. The molecule has 0 heterocycles. The van der Waals surface area contributed by atoms with Crippen molar-refractivity contribution in [2.75, 3.05) is 14.2 Å². The first-order valence-corrected chi connectivity index (χ1v) is 10.5. The van der Waals surface area contributed by atoms with E-state index in [-0.39, 0.29) is 0 Å². The van der Waals surface area contributed by atoms with Crippen molar-refractivity contribution in [2.45, 2.75) is 6.61 Å². The van der Waals surface area contributed by atoms with E-state index in [0.29, 0.717) is 6.61 Å². The Morgan fingerprint density at radius 2 is 1.09 bits per heavy atom. The molecule has 0 aliphatic carbocycles. The van der Waals surface area contributed by atoms with Crippen LogP contribution in [0.5, 0.6) is 17.2 Å². The molecule has 0 radical (unpaired) electrons. The lowest BCUT2D eigenvalue weighted by Crippen LogP contribution is -1.94. The Balaban J connectivity index is 1.60. The van der Waals surface area contributed by atoms with Gasteiger partial charge in [0.15, 0.2) is 0 Å². The first-order chi connectivity index (χ1) is 15.7. The molecule has 4 aromatic rings. The molecular formula is C29H26O3. The summed E-state index contributed by atoms with van der Waals surface area (Å²) in [4.78, 5) is 0. The summed E-state index contributed by atoms with van der Waals surface area (Å²) in [6, 6.07) is 34.6. The highest BCUT2D eigenvalue weighted by molar-refractivity contribution is 5.91. The van der Waals surface area contributed by atoms with Crippen LogP contribution in [0.25, 0.3) is 11.6 Å². The van der Waals surface area contributed by atoms with Gasteiger partial charge in [-0.2, -0.15) is 0 Å². The van der Waals surface area contributed by atoms with Crippen LogP contribution in [-0.2, 0) is 6.61 Å². The minimum absolute atomic E-state index is 0.555. The molecule has 0 saturated heterocycles. The van der Waals surface area contributed by atoms with Gasteiger partial charge in [0.2, 0.25) is 0 Å². The lowest BCUT2D eigenvalue weighted by atomic mass is 9.95. The Kier molecular flexibility index (Phi) is 6.88. The Morgan fingerprint density at radius 1 is 0.594 bits per heavy atom. The Labute approximate surface area is 189 Å². The van der Waals surface area contributed by atoms with Crippen molar-refractivity contribution in [2.24, 2.45) is 0 Å². The van der Waals surface area contributed by atoms with Crippen LogP contribution in [0.15, 0.2) is 103 Å². The van der Waals surface area contributed by atoms with E-state index in [1.54, 1.807) is 14.2 Å². The SMILES string of the molecule is COc1ccc(C(=Cc2ccc(OCc3ccccc3)cc2)c2ccc(OC)cc2)cc1. The fraction of sp³-hybridized carbons (Fsp3) is 0.103. The minimum atomic E-state index is 0.555. The second-order valence-corrected chi connectivity index (χ2v) is 7.36. The molecule has 32 heavy (non-hydrogen) atoms. The van der Waals surface area contributed by atoms with Gasteiger partial charge in [-0.25, -0.2) is 0 Å². The summed E-state index contributed by atoms with van der Waals surface area (Å²) in [5.74, 6) is 2.52. The summed E-state index contributed by atoms with van der Waals surface area (Å²) < 4.78 is 16.6. The molecule has 0 spiro atoms. The van der Waals surface area contributed by atoms with Crippen molar-refractivity contribution >= 4 is 11.6 Å². The molecule has 0 aliphatic heterocycles. The van der Waals surface area contributed by atoms with E-state index in [4.69, 9.17) is 14.2 Å². The molecule has 0 atom stereocenters. The number of benzene rings is 4. The van der Waals surface area contributed by atoms with E-state index in [0.717, 1.165) is 45.1 Å². The third-order valence-corrected chi connectivity index (χ3v) is 5.24. The third-order valence-electron chi connectivity index (χ3n) is 5.24. The molecule has 3 heteroatoms. The molecule has 4 aromatic carbocycles. The molecule has 0 amide bonds. The number of hydrogen-bond donors (Lipinski definition) is 0. The quantitative estimate of drug-likeness (QED) is 0.290. The van der Waals surface area contributed by atoms with Crippen LogP contribution in [0, 0.1) is 0 Å². The summed E-state index contributed by atoms with van der Waals surface area (Å²) in [7, 11) is 3.35. The maximum atomic E-state index is 5.92. The van der Waals surface area contributed by atoms with Crippen LogP contribution < -0.4 is 14.2 Å². The lowest BCUT2D eigenvalue weighted by Gasteiger charge is -2.11. The number of ether oxygens (including phenoxy) is 3. The number of methoxy groups -OCH3 is 2. The maximum Gasteiger partial charge on any atom is 0.119 e. The van der Waals surface area contributed by atoms with E-state index < -0.39 is 0 Å². The smallest absolute Gasteiger partial charge is 0.119 e. The monoisotopic (exact) mass is 422 g/mol. The largest absolute Gasteiger partial charge is 0.497 e. The molecule has 0 unspecified atom stereocenters. The van der Waals surface area contributed by atoms with Crippen LogP contribution in [0.1, 0.15) is 22.3 Å². The van der Waals surface area contributed by atoms with Gasteiger partial charge in [0.05, 0.1) is 14.2 Å². The first-order valence-electron chi connectivity index (χ1n) is 10.5. The molecule has 0 saturated carbocycles. The van der Waals surface area contributed by atoms with Gasteiger partial charge in [-0.15, -0.1) is 0 Å². The summed E-state index contributed by atoms with van der Waals surface area (Å²) in [6.07, 6.45) is 2.19. The Bertz CT molecular complexity index is 1090. The predicted molar refractivity (Wildman–Crippen MR) is 130 cm³/mol. The molecule has 4 rings (SSSR count). The molecule has 0 aromatic heterocycles. The zero-order chi connectivity index (χ0) is 22.2. The van der Waals surface area contributed by atoms with E-state index in [1.165, 1.54) is 0 Å². The third kappa shape index (κ3) is 5.38. The summed E-state index contributed by atoms with van der Waals surface area (Å²) >= 11 is 0. The molecule has 3 nitrogen and oxygen atoms in total. The van der Waals surface area contributed by atoms with Crippen molar-refractivity contribution in [1.82, 2.24) is 0 Å². The summed E-state index contributed by atoms with van der Waals surface area (Å²) in [5, 5.41) is 0. The van der Waals surface area contributed by atoms with Crippen LogP contribution in [-0.4, -0.2) is 14.2 Å². The zero-order valence-corrected chi connectivity index (χ0v) is 18.3. The van der Waals surface area contributed by atoms with Gasteiger partial charge in [0.25, 0.3) is 0 Å². The minimum Gasteiger partial charge on any atom is -0.497 e. The standard InChI is InChI=1S/C29H26O3/c1-30-26-16-10-24(11-17-26)29(25-12-18-27(31-2)19-13-25)20-22-8-14-28(15-9-22)32-21-23-6-4-3-5-7-23/h3-20H,21H2,1-2H3. The van der Waals surface area contributed by atoms with Crippen LogP contribution in [0.2, 0.25) is 0 Å². The predicted octanol–water partition coefficient (Wildman–Crippen LogP) is 6.87. The molecular weight excluding hydrogens is 396 g/mol. The Morgan fingerprint density at radius 3 is 1.59 bits per heavy atom. The van der Waals surface area contributed by atoms with Crippen molar-refractivity contribution < 1.29 is 14.2 Å². The van der Waals surface area contributed by atoms with E-state index in [2.05, 4.69) is 54.6 Å². The molecule has 0 bridgehead atoms. The highest BCUT2D eigenvalue weighted by Gasteiger charge is 2.07. The molecule has 0 aliphatic rings. The molecule has 0 fully saturated rings. The number of hydrogen-bond acceptors (Lipinski definition) is 3. The zero-order valence-electron chi connectivity index (χ0n) is 18.3. The van der Waals surface area contributed by atoms with Crippen molar-refractivity contribution in [3.05, 3.63) is 125 Å². The van der Waals surface area contributed by atoms with Gasteiger partial charge in [-0.3, -0.25) is 0 Å². The molecule has 160 valence electrons. The van der Waals surface area contributed by atoms with Gasteiger partial charge < -0.3 is 14.2 Å². The van der Waals surface area contributed by atoms with Gasteiger partial charge >= 0.3 is 0 Å². The maximum absolute atomic E-state index is 5.92. The summed E-state index contributed by atoms with van der Waals surface area (Å²) in [5.41, 5.74) is 5.59. The van der Waals surface area contributed by atoms with E-state index >= 15 is 0 Å². The topological polar surface area (TPSA) is 27.7 Å². The summed E-state index contributed by atoms with van der Waals surface area (Å²) in [6.45, 7) is 0.555. The average Bonchev–Trinajstić information content (AvgIpc) is 2.87. The van der Waals surface area contributed by atoms with Crippen molar-refractivity contribution in [1.29, 1.82) is 0 Å². The highest BCUT2D eigenvalue weighted by atomic mass is 16.5. The van der Waals surface area contributed by atoms with Gasteiger partial charge in [-0.05, 0) is 70.3 Å². The Hall–Kier alpha value is -3.98. The fourth-order valence-electron chi connectivity index (χ4n) is 3.44. The lowest BCUT2D eigenvalue weighted by molar-refractivity contribution is 0.306. The first kappa shape index (κ1) is 21.3. The van der Waals surface area contributed by atoms with Crippen LogP contribution in [0.4, 0.5) is 0 Å². The number of rotatable bonds is 8.